The number of azo groups is 1. The number of carbonyl (C=O) groups excluding carboxylic acids is 1. The van der Waals surface area contributed by atoms with Gasteiger partial charge in [-0.15, -0.1) is 9.51 Å². The molecule has 172 valence electrons. The molecule has 4 rings (SSSR count). The molecule has 1 heterocycles. The van der Waals surface area contributed by atoms with Crippen LogP contribution in [0, 0.1) is 0 Å². The standard InChI is InChI=1S/C23H20N6O4S/c24-23(25)28-34(32,33)18-13-11-16(12-14-18)26-27-19-21(30)20(15-7-3-1-4-8-15)29(22(19)31)17-9-5-2-6-10-17/h1-14,20,30H,(H4,24,25,28). The maximum absolute atomic E-state index is 13.2. The van der Waals surface area contributed by atoms with E-state index in [2.05, 4.69) is 14.6 Å². The molecular weight excluding hydrogens is 456 g/mol. The highest BCUT2D eigenvalue weighted by Gasteiger charge is 2.42. The number of carbonyl (C=O) groups is 1. The van der Waals surface area contributed by atoms with E-state index in [-0.39, 0.29) is 22.0 Å². The summed E-state index contributed by atoms with van der Waals surface area (Å²) >= 11 is 0. The Kier molecular flexibility index (Phi) is 6.11. The number of rotatable bonds is 6. The Hall–Kier alpha value is -4.51. The van der Waals surface area contributed by atoms with Crippen molar-refractivity contribution in [1.29, 1.82) is 0 Å². The van der Waals surface area contributed by atoms with Gasteiger partial charge in [-0.3, -0.25) is 9.69 Å². The number of anilines is 1. The summed E-state index contributed by atoms with van der Waals surface area (Å²) in [4.78, 5) is 14.6. The Labute approximate surface area is 195 Å². The minimum Gasteiger partial charge on any atom is -0.507 e. The molecule has 1 unspecified atom stereocenters. The summed E-state index contributed by atoms with van der Waals surface area (Å²) < 4.78 is 27.3. The number of sulfonamides is 1. The van der Waals surface area contributed by atoms with Gasteiger partial charge in [-0.1, -0.05) is 48.5 Å². The van der Waals surface area contributed by atoms with E-state index < -0.39 is 27.9 Å². The monoisotopic (exact) mass is 476 g/mol. The van der Waals surface area contributed by atoms with Gasteiger partial charge >= 0.3 is 0 Å². The van der Waals surface area contributed by atoms with Gasteiger partial charge in [0, 0.05) is 5.69 Å². The number of hydrogen-bond donors (Lipinski definition) is 3. The highest BCUT2D eigenvalue weighted by molar-refractivity contribution is 7.90. The quantitative estimate of drug-likeness (QED) is 0.281. The second-order valence-electron chi connectivity index (χ2n) is 7.24. The first kappa shape index (κ1) is 22.7. The molecule has 0 saturated heterocycles. The van der Waals surface area contributed by atoms with Gasteiger partial charge in [0.15, 0.2) is 11.5 Å². The first-order valence-corrected chi connectivity index (χ1v) is 11.5. The number of aliphatic hydroxyl groups is 1. The number of benzene rings is 3. The molecule has 5 N–H and O–H groups in total. The van der Waals surface area contributed by atoms with Crippen molar-refractivity contribution in [1.82, 2.24) is 0 Å². The fourth-order valence-corrected chi connectivity index (χ4v) is 4.33. The molecule has 1 amide bonds. The molecule has 0 spiro atoms. The SMILES string of the molecule is NC(N)=NS(=O)(=O)c1ccc(N=NC2=C(O)C(c3ccccc3)N(c3ccccc3)C2=O)cc1. The van der Waals surface area contributed by atoms with Crippen LogP contribution in [0.1, 0.15) is 11.6 Å². The zero-order valence-corrected chi connectivity index (χ0v) is 18.5. The number of nitrogens with two attached hydrogens (primary N) is 2. The van der Waals surface area contributed by atoms with Crippen molar-refractivity contribution in [2.75, 3.05) is 4.90 Å². The van der Waals surface area contributed by atoms with E-state index in [4.69, 9.17) is 11.5 Å². The van der Waals surface area contributed by atoms with Crippen molar-refractivity contribution >= 4 is 33.3 Å². The van der Waals surface area contributed by atoms with Crippen molar-refractivity contribution in [3.63, 3.8) is 0 Å². The van der Waals surface area contributed by atoms with Crippen molar-refractivity contribution < 1.29 is 18.3 Å². The number of amides is 1. The molecule has 0 fully saturated rings. The molecule has 1 aliphatic rings. The molecule has 1 atom stereocenters. The van der Waals surface area contributed by atoms with E-state index in [1.54, 1.807) is 36.4 Å². The lowest BCUT2D eigenvalue weighted by Gasteiger charge is -2.25. The third-order valence-electron chi connectivity index (χ3n) is 4.96. The van der Waals surface area contributed by atoms with Crippen LogP contribution in [-0.4, -0.2) is 25.4 Å². The fourth-order valence-electron chi connectivity index (χ4n) is 3.47. The molecule has 0 aromatic heterocycles. The molecule has 1 aliphatic heterocycles. The summed E-state index contributed by atoms with van der Waals surface area (Å²) in [5.41, 5.74) is 11.6. The van der Waals surface area contributed by atoms with E-state index in [0.717, 1.165) is 0 Å². The summed E-state index contributed by atoms with van der Waals surface area (Å²) in [6, 6.07) is 22.5. The second-order valence-corrected chi connectivity index (χ2v) is 8.85. The van der Waals surface area contributed by atoms with Gasteiger partial charge in [0.1, 0.15) is 6.04 Å². The average molecular weight is 477 g/mol. The Balaban J connectivity index is 1.68. The van der Waals surface area contributed by atoms with Gasteiger partial charge < -0.3 is 16.6 Å². The summed E-state index contributed by atoms with van der Waals surface area (Å²) in [5, 5.41) is 19.0. The number of para-hydroxylation sites is 1. The number of nitrogens with zero attached hydrogens (tertiary/aromatic N) is 4. The van der Waals surface area contributed by atoms with E-state index in [9.17, 15) is 18.3 Å². The molecule has 0 saturated carbocycles. The topological polar surface area (TPSA) is 164 Å². The van der Waals surface area contributed by atoms with Crippen LogP contribution in [0.3, 0.4) is 0 Å². The van der Waals surface area contributed by atoms with Crippen LogP contribution in [0.5, 0.6) is 0 Å². The van der Waals surface area contributed by atoms with Crippen LogP contribution in [0.25, 0.3) is 0 Å². The maximum atomic E-state index is 13.2. The zero-order chi connectivity index (χ0) is 24.3. The van der Waals surface area contributed by atoms with Crippen LogP contribution in [0.15, 0.2) is 116 Å². The van der Waals surface area contributed by atoms with Crippen LogP contribution in [-0.2, 0) is 14.8 Å². The molecule has 0 bridgehead atoms. The Bertz CT molecular complexity index is 1400. The minimum atomic E-state index is -4.04. The van der Waals surface area contributed by atoms with Gasteiger partial charge in [-0.25, -0.2) is 0 Å². The molecular formula is C23H20N6O4S. The molecule has 0 aliphatic carbocycles. The van der Waals surface area contributed by atoms with Crippen LogP contribution in [0.4, 0.5) is 11.4 Å². The van der Waals surface area contributed by atoms with Crippen LogP contribution in [0.2, 0.25) is 0 Å². The normalized spacial score (nSPS) is 16.3. The predicted molar refractivity (Wildman–Crippen MR) is 127 cm³/mol. The Morgan fingerprint density at radius 3 is 2.03 bits per heavy atom. The van der Waals surface area contributed by atoms with Crippen molar-refractivity contribution in [3.05, 3.63) is 102 Å². The van der Waals surface area contributed by atoms with Gasteiger partial charge in [-0.05, 0) is 42.0 Å². The molecule has 10 nitrogen and oxygen atoms in total. The molecule has 0 radical (unpaired) electrons. The van der Waals surface area contributed by atoms with Gasteiger partial charge in [0.25, 0.3) is 15.9 Å². The van der Waals surface area contributed by atoms with Crippen molar-refractivity contribution in [2.45, 2.75) is 10.9 Å². The lowest BCUT2D eigenvalue weighted by Crippen LogP contribution is -2.30. The van der Waals surface area contributed by atoms with Crippen LogP contribution >= 0.6 is 0 Å². The first-order chi connectivity index (χ1) is 16.3. The Morgan fingerprint density at radius 2 is 1.44 bits per heavy atom. The third kappa shape index (κ3) is 4.50. The smallest absolute Gasteiger partial charge is 0.285 e. The first-order valence-electron chi connectivity index (χ1n) is 10.0. The lowest BCUT2D eigenvalue weighted by molar-refractivity contribution is -0.114. The van der Waals surface area contributed by atoms with E-state index >= 15 is 0 Å². The highest BCUT2D eigenvalue weighted by Crippen LogP contribution is 2.40. The minimum absolute atomic E-state index is 0.141. The lowest BCUT2D eigenvalue weighted by atomic mass is 10.0. The van der Waals surface area contributed by atoms with Gasteiger partial charge in [0.2, 0.25) is 5.96 Å². The number of guanidine groups is 1. The average Bonchev–Trinajstić information content (AvgIpc) is 3.07. The van der Waals surface area contributed by atoms with E-state index in [0.29, 0.717) is 11.3 Å². The maximum Gasteiger partial charge on any atom is 0.285 e. The summed E-state index contributed by atoms with van der Waals surface area (Å²) in [5.74, 6) is -1.34. The van der Waals surface area contributed by atoms with Gasteiger partial charge in [0.05, 0.1) is 10.6 Å². The Morgan fingerprint density at radius 1 is 0.853 bits per heavy atom. The van der Waals surface area contributed by atoms with Crippen LogP contribution < -0.4 is 16.4 Å². The van der Waals surface area contributed by atoms with E-state index in [1.807, 2.05) is 24.3 Å². The predicted octanol–water partition coefficient (Wildman–Crippen LogP) is 3.29. The highest BCUT2D eigenvalue weighted by atomic mass is 32.2. The van der Waals surface area contributed by atoms with Gasteiger partial charge in [-0.2, -0.15) is 13.5 Å². The zero-order valence-electron chi connectivity index (χ0n) is 17.7. The second kappa shape index (κ2) is 9.16. The third-order valence-corrected chi connectivity index (χ3v) is 6.28. The molecule has 11 heteroatoms. The summed E-state index contributed by atoms with van der Waals surface area (Å²) in [6.07, 6.45) is 0. The number of hydrogen-bond acceptors (Lipinski definition) is 6. The number of aliphatic hydroxyl groups excluding tert-OH is 1. The van der Waals surface area contributed by atoms with E-state index in [1.165, 1.54) is 29.2 Å². The molecule has 3 aromatic rings. The van der Waals surface area contributed by atoms with Crippen molar-refractivity contribution in [2.24, 2.45) is 26.1 Å². The summed E-state index contributed by atoms with van der Waals surface area (Å²) in [6.45, 7) is 0. The largest absolute Gasteiger partial charge is 0.507 e. The molecule has 3 aromatic carbocycles. The summed E-state index contributed by atoms with van der Waals surface area (Å²) in [7, 11) is -4.04. The fraction of sp³-hybridized carbons (Fsp3) is 0.0435. The molecule has 34 heavy (non-hydrogen) atoms. The van der Waals surface area contributed by atoms with Crippen molar-refractivity contribution in [3.8, 4) is 0 Å².